The molecule has 5 nitrogen and oxygen atoms in total. The first-order chi connectivity index (χ1) is 9.49. The lowest BCUT2D eigenvalue weighted by Gasteiger charge is -2.15. The van der Waals surface area contributed by atoms with Crippen LogP contribution in [0.4, 0.5) is 5.69 Å². The number of hydrogen-bond acceptors (Lipinski definition) is 4. The number of anilines is 1. The number of carbonyl (C=O) groups is 3. The predicted molar refractivity (Wildman–Crippen MR) is 76.8 cm³/mol. The lowest BCUT2D eigenvalue weighted by molar-refractivity contribution is -0.136. The number of carbonyl (C=O) groups excluding carboxylic acids is 2. The lowest BCUT2D eigenvalue weighted by Crippen LogP contribution is -2.31. The van der Waals surface area contributed by atoms with Gasteiger partial charge in [0.1, 0.15) is 0 Å². The molecule has 0 bridgehead atoms. The Kier molecular flexibility index (Phi) is 4.44. The van der Waals surface area contributed by atoms with Crippen molar-refractivity contribution in [2.45, 2.75) is 25.0 Å². The molecule has 1 fully saturated rings. The molecule has 1 heterocycles. The van der Waals surface area contributed by atoms with E-state index >= 15 is 0 Å². The third-order valence-electron chi connectivity index (χ3n) is 3.00. The van der Waals surface area contributed by atoms with Crippen molar-refractivity contribution >= 4 is 35.2 Å². The standard InChI is InChI=1S/C14H15NO4S/c1-9-3-2-4-10(7-9)15-12(16)8-11(14(15)19)20-6-5-13(17)18/h2-4,7,11H,5-6,8H2,1H3,(H,17,18). The average Bonchev–Trinajstić information content (AvgIpc) is 2.64. The van der Waals surface area contributed by atoms with Gasteiger partial charge in [-0.15, -0.1) is 11.8 Å². The van der Waals surface area contributed by atoms with Crippen LogP contribution in [0.1, 0.15) is 18.4 Å². The highest BCUT2D eigenvalue weighted by Crippen LogP contribution is 2.30. The third kappa shape index (κ3) is 3.19. The number of carboxylic acid groups (broad SMARTS) is 1. The highest BCUT2D eigenvalue weighted by molar-refractivity contribution is 8.00. The fraction of sp³-hybridized carbons (Fsp3) is 0.357. The van der Waals surface area contributed by atoms with Crippen molar-refractivity contribution in [2.24, 2.45) is 0 Å². The number of amides is 2. The van der Waals surface area contributed by atoms with E-state index in [2.05, 4.69) is 0 Å². The molecule has 1 unspecified atom stereocenters. The third-order valence-corrected chi connectivity index (χ3v) is 4.21. The Morgan fingerprint density at radius 3 is 2.85 bits per heavy atom. The van der Waals surface area contributed by atoms with Crippen LogP contribution in [0.2, 0.25) is 0 Å². The minimum atomic E-state index is -0.898. The number of aryl methyl sites for hydroxylation is 1. The van der Waals surface area contributed by atoms with Gasteiger partial charge in [0.15, 0.2) is 0 Å². The van der Waals surface area contributed by atoms with Gasteiger partial charge in [-0.05, 0) is 24.6 Å². The molecule has 6 heteroatoms. The maximum absolute atomic E-state index is 12.2. The molecule has 2 amide bonds. The number of aliphatic carboxylic acids is 1. The van der Waals surface area contributed by atoms with Crippen molar-refractivity contribution in [2.75, 3.05) is 10.7 Å². The molecule has 1 saturated heterocycles. The van der Waals surface area contributed by atoms with Crippen LogP contribution >= 0.6 is 11.8 Å². The fourth-order valence-electron chi connectivity index (χ4n) is 2.06. The normalized spacial score (nSPS) is 18.6. The summed E-state index contributed by atoms with van der Waals surface area (Å²) in [6.07, 6.45) is 0.129. The van der Waals surface area contributed by atoms with Crippen molar-refractivity contribution in [1.29, 1.82) is 0 Å². The van der Waals surface area contributed by atoms with E-state index in [0.717, 1.165) is 5.56 Å². The van der Waals surface area contributed by atoms with Crippen LogP contribution < -0.4 is 4.90 Å². The van der Waals surface area contributed by atoms with Crippen molar-refractivity contribution in [3.63, 3.8) is 0 Å². The van der Waals surface area contributed by atoms with Crippen LogP contribution in [-0.2, 0) is 14.4 Å². The quantitative estimate of drug-likeness (QED) is 0.838. The largest absolute Gasteiger partial charge is 0.481 e. The number of carboxylic acids is 1. The maximum atomic E-state index is 12.2. The minimum Gasteiger partial charge on any atom is -0.481 e. The zero-order valence-corrected chi connectivity index (χ0v) is 11.9. The predicted octanol–water partition coefficient (Wildman–Crippen LogP) is 1.83. The smallest absolute Gasteiger partial charge is 0.304 e. The SMILES string of the molecule is Cc1cccc(N2C(=O)CC(SCCC(=O)O)C2=O)c1. The average molecular weight is 293 g/mol. The Balaban J connectivity index is 2.07. The summed E-state index contributed by atoms with van der Waals surface area (Å²) >= 11 is 1.23. The second kappa shape index (κ2) is 6.09. The summed E-state index contributed by atoms with van der Waals surface area (Å²) in [5, 5.41) is 8.12. The van der Waals surface area contributed by atoms with Gasteiger partial charge in [0, 0.05) is 12.2 Å². The highest BCUT2D eigenvalue weighted by Gasteiger charge is 2.39. The minimum absolute atomic E-state index is 0.00686. The summed E-state index contributed by atoms with van der Waals surface area (Å²) in [5.41, 5.74) is 1.56. The Morgan fingerprint density at radius 2 is 2.20 bits per heavy atom. The summed E-state index contributed by atoms with van der Waals surface area (Å²) in [7, 11) is 0. The van der Waals surface area contributed by atoms with Gasteiger partial charge >= 0.3 is 5.97 Å². The molecule has 1 N–H and O–H groups in total. The van der Waals surface area contributed by atoms with Crippen molar-refractivity contribution in [3.8, 4) is 0 Å². The van der Waals surface area contributed by atoms with Gasteiger partial charge in [-0.25, -0.2) is 4.90 Å². The van der Waals surface area contributed by atoms with Crippen molar-refractivity contribution in [3.05, 3.63) is 29.8 Å². The molecule has 1 aliphatic heterocycles. The Labute approximate surface area is 121 Å². The molecule has 2 rings (SSSR count). The molecule has 0 aromatic heterocycles. The first kappa shape index (κ1) is 14.6. The second-order valence-corrected chi connectivity index (χ2v) is 5.92. The molecule has 0 radical (unpaired) electrons. The van der Waals surface area contributed by atoms with E-state index in [1.807, 2.05) is 13.0 Å². The number of nitrogens with zero attached hydrogens (tertiary/aromatic N) is 1. The van der Waals surface area contributed by atoms with Crippen molar-refractivity contribution < 1.29 is 19.5 Å². The van der Waals surface area contributed by atoms with Gasteiger partial charge in [-0.3, -0.25) is 14.4 Å². The van der Waals surface area contributed by atoms with Gasteiger partial charge < -0.3 is 5.11 Å². The number of hydrogen-bond donors (Lipinski definition) is 1. The van der Waals surface area contributed by atoms with Gasteiger partial charge in [-0.1, -0.05) is 12.1 Å². The zero-order chi connectivity index (χ0) is 14.7. The molecule has 1 atom stereocenters. The van der Waals surface area contributed by atoms with E-state index in [9.17, 15) is 14.4 Å². The molecule has 1 aromatic rings. The molecule has 1 aromatic carbocycles. The first-order valence-corrected chi connectivity index (χ1v) is 7.31. The van der Waals surface area contributed by atoms with E-state index < -0.39 is 11.2 Å². The highest BCUT2D eigenvalue weighted by atomic mass is 32.2. The first-order valence-electron chi connectivity index (χ1n) is 6.26. The summed E-state index contributed by atoms with van der Waals surface area (Å²) in [4.78, 5) is 35.9. The Bertz CT molecular complexity index is 558. The molecule has 1 aliphatic rings. The number of benzene rings is 1. The summed E-state index contributed by atoms with van der Waals surface area (Å²) in [5.74, 6) is -1.05. The van der Waals surface area contributed by atoms with Crippen LogP contribution in [-0.4, -0.2) is 33.9 Å². The van der Waals surface area contributed by atoms with Crippen LogP contribution in [0.15, 0.2) is 24.3 Å². The van der Waals surface area contributed by atoms with Crippen molar-refractivity contribution in [1.82, 2.24) is 0 Å². The maximum Gasteiger partial charge on any atom is 0.304 e. The summed E-state index contributed by atoms with van der Waals surface area (Å²) < 4.78 is 0. The number of thioether (sulfide) groups is 1. The molecule has 20 heavy (non-hydrogen) atoms. The van der Waals surface area contributed by atoms with Gasteiger partial charge in [-0.2, -0.15) is 0 Å². The molecule has 0 aliphatic carbocycles. The monoisotopic (exact) mass is 293 g/mol. The van der Waals surface area contributed by atoms with E-state index in [0.29, 0.717) is 11.4 Å². The molecule has 0 spiro atoms. The topological polar surface area (TPSA) is 74.7 Å². The summed E-state index contributed by atoms with van der Waals surface area (Å²) in [6, 6.07) is 7.22. The summed E-state index contributed by atoms with van der Waals surface area (Å²) in [6.45, 7) is 1.90. The fourth-order valence-corrected chi connectivity index (χ4v) is 3.15. The lowest BCUT2D eigenvalue weighted by atomic mass is 10.2. The molecular weight excluding hydrogens is 278 g/mol. The van der Waals surface area contributed by atoms with Crippen LogP contribution in [0.25, 0.3) is 0 Å². The number of imide groups is 1. The molecule has 0 saturated carbocycles. The second-order valence-electron chi connectivity index (χ2n) is 4.61. The van der Waals surface area contributed by atoms with Crippen LogP contribution in [0.5, 0.6) is 0 Å². The molecular formula is C14H15NO4S. The van der Waals surface area contributed by atoms with Crippen LogP contribution in [0.3, 0.4) is 0 Å². The van der Waals surface area contributed by atoms with Gasteiger partial charge in [0.2, 0.25) is 11.8 Å². The zero-order valence-electron chi connectivity index (χ0n) is 11.0. The van der Waals surface area contributed by atoms with E-state index in [1.165, 1.54) is 16.7 Å². The van der Waals surface area contributed by atoms with Gasteiger partial charge in [0.25, 0.3) is 0 Å². The molecule has 106 valence electrons. The Hall–Kier alpha value is -1.82. The Morgan fingerprint density at radius 1 is 1.45 bits per heavy atom. The van der Waals surface area contributed by atoms with E-state index in [4.69, 9.17) is 5.11 Å². The van der Waals surface area contributed by atoms with E-state index in [-0.39, 0.29) is 24.7 Å². The van der Waals surface area contributed by atoms with Crippen LogP contribution in [0, 0.1) is 6.92 Å². The number of rotatable bonds is 5. The van der Waals surface area contributed by atoms with Gasteiger partial charge in [0.05, 0.1) is 17.4 Å². The van der Waals surface area contributed by atoms with E-state index in [1.54, 1.807) is 18.2 Å².